The van der Waals surface area contributed by atoms with Gasteiger partial charge in [-0.25, -0.2) is 8.42 Å². The molecule has 1 fully saturated rings. The van der Waals surface area contributed by atoms with Crippen molar-refractivity contribution in [2.45, 2.75) is 18.7 Å². The standard InChI is InChI=1S/C17H25N3O2S2/c1-13-5-4-6-15-16(13)23-14(2)17(15)24(21,22)19(3)11-12-20-9-7-18-8-10-20/h4-6,18H,7-12H2,1-3H3. The van der Waals surface area contributed by atoms with Crippen molar-refractivity contribution in [1.29, 1.82) is 0 Å². The van der Waals surface area contributed by atoms with E-state index in [0.29, 0.717) is 11.4 Å². The van der Waals surface area contributed by atoms with E-state index in [0.717, 1.165) is 53.3 Å². The van der Waals surface area contributed by atoms with Crippen LogP contribution < -0.4 is 5.32 Å². The number of hydrogen-bond acceptors (Lipinski definition) is 5. The van der Waals surface area contributed by atoms with Crippen molar-refractivity contribution < 1.29 is 8.42 Å². The number of likely N-dealkylation sites (N-methyl/N-ethyl adjacent to an activating group) is 1. The van der Waals surface area contributed by atoms with Gasteiger partial charge in [0.05, 0.1) is 0 Å². The molecule has 3 rings (SSSR count). The predicted octanol–water partition coefficient (Wildman–Crippen LogP) is 2.04. The summed E-state index contributed by atoms with van der Waals surface area (Å²) in [5.74, 6) is 0. The van der Waals surface area contributed by atoms with Crippen LogP contribution in [0.25, 0.3) is 10.1 Å². The molecule has 2 aromatic rings. The molecule has 24 heavy (non-hydrogen) atoms. The predicted molar refractivity (Wildman–Crippen MR) is 100 cm³/mol. The second-order valence-corrected chi connectivity index (χ2v) is 9.56. The van der Waals surface area contributed by atoms with E-state index in [2.05, 4.69) is 10.2 Å². The summed E-state index contributed by atoms with van der Waals surface area (Å²) in [4.78, 5) is 3.66. The fourth-order valence-electron chi connectivity index (χ4n) is 3.17. The number of hydrogen-bond donors (Lipinski definition) is 1. The average Bonchev–Trinajstić information content (AvgIpc) is 2.91. The van der Waals surface area contributed by atoms with Gasteiger partial charge >= 0.3 is 0 Å². The Bertz CT molecular complexity index is 824. The van der Waals surface area contributed by atoms with Crippen LogP contribution in [0.3, 0.4) is 0 Å². The Morgan fingerprint density at radius 1 is 1.25 bits per heavy atom. The summed E-state index contributed by atoms with van der Waals surface area (Å²) < 4.78 is 28.8. The van der Waals surface area contributed by atoms with Gasteiger partial charge < -0.3 is 5.32 Å². The Balaban J connectivity index is 1.84. The SMILES string of the molecule is Cc1sc2c(C)cccc2c1S(=O)(=O)N(C)CCN1CCNCC1. The molecule has 1 aromatic carbocycles. The molecule has 5 nitrogen and oxygen atoms in total. The highest BCUT2D eigenvalue weighted by atomic mass is 32.2. The number of nitrogens with zero attached hydrogens (tertiary/aromatic N) is 2. The summed E-state index contributed by atoms with van der Waals surface area (Å²) in [6.45, 7) is 9.14. The minimum absolute atomic E-state index is 0.481. The number of nitrogens with one attached hydrogen (secondary N) is 1. The van der Waals surface area contributed by atoms with Crippen molar-refractivity contribution in [2.24, 2.45) is 0 Å². The molecule has 0 unspecified atom stereocenters. The molecule has 1 aliphatic rings. The Morgan fingerprint density at radius 2 is 1.96 bits per heavy atom. The molecule has 7 heteroatoms. The van der Waals surface area contributed by atoms with E-state index in [1.807, 2.05) is 32.0 Å². The van der Waals surface area contributed by atoms with Crippen molar-refractivity contribution in [3.63, 3.8) is 0 Å². The number of fused-ring (bicyclic) bond motifs is 1. The summed E-state index contributed by atoms with van der Waals surface area (Å²) in [6, 6.07) is 5.88. The maximum Gasteiger partial charge on any atom is 0.244 e. The smallest absolute Gasteiger partial charge is 0.244 e. The monoisotopic (exact) mass is 367 g/mol. The highest BCUT2D eigenvalue weighted by Crippen LogP contribution is 2.37. The van der Waals surface area contributed by atoms with Gasteiger partial charge in [-0.2, -0.15) is 4.31 Å². The fourth-order valence-corrected chi connectivity index (χ4v) is 6.14. The van der Waals surface area contributed by atoms with E-state index < -0.39 is 10.0 Å². The van der Waals surface area contributed by atoms with Crippen LogP contribution in [-0.2, 0) is 10.0 Å². The summed E-state index contributed by atoms with van der Waals surface area (Å²) in [5.41, 5.74) is 1.13. The van der Waals surface area contributed by atoms with E-state index in [-0.39, 0.29) is 0 Å². The molecule has 1 N–H and O–H groups in total. The molecule has 0 spiro atoms. The highest BCUT2D eigenvalue weighted by molar-refractivity contribution is 7.89. The molecule has 0 atom stereocenters. The van der Waals surface area contributed by atoms with Crippen LogP contribution in [-0.4, -0.2) is 63.9 Å². The molecule has 1 aromatic heterocycles. The summed E-state index contributed by atoms with van der Waals surface area (Å²) in [6.07, 6.45) is 0. The lowest BCUT2D eigenvalue weighted by Crippen LogP contribution is -2.46. The van der Waals surface area contributed by atoms with E-state index >= 15 is 0 Å². The number of piperazine rings is 1. The molecule has 0 radical (unpaired) electrons. The molecule has 0 saturated carbocycles. The first-order valence-corrected chi connectivity index (χ1v) is 10.5. The number of thiophene rings is 1. The molecule has 0 bridgehead atoms. The van der Waals surface area contributed by atoms with Gasteiger partial charge in [-0.1, -0.05) is 18.2 Å². The largest absolute Gasteiger partial charge is 0.314 e. The zero-order valence-corrected chi connectivity index (χ0v) is 16.1. The number of benzene rings is 1. The van der Waals surface area contributed by atoms with Gasteiger partial charge in [0.1, 0.15) is 4.90 Å². The molecule has 0 aliphatic carbocycles. The number of aryl methyl sites for hydroxylation is 2. The van der Waals surface area contributed by atoms with Crippen LogP contribution in [0.1, 0.15) is 10.4 Å². The topological polar surface area (TPSA) is 52.7 Å². The minimum atomic E-state index is -3.47. The molecule has 2 heterocycles. The highest BCUT2D eigenvalue weighted by Gasteiger charge is 2.27. The average molecular weight is 368 g/mol. The van der Waals surface area contributed by atoms with Crippen LogP contribution >= 0.6 is 11.3 Å². The first kappa shape index (κ1) is 17.8. The van der Waals surface area contributed by atoms with E-state index in [1.54, 1.807) is 18.4 Å². The third-order valence-electron chi connectivity index (χ3n) is 4.64. The quantitative estimate of drug-likeness (QED) is 0.879. The van der Waals surface area contributed by atoms with Crippen LogP contribution in [0.15, 0.2) is 23.1 Å². The van der Waals surface area contributed by atoms with E-state index in [9.17, 15) is 8.42 Å². The maximum absolute atomic E-state index is 13.1. The summed E-state index contributed by atoms with van der Waals surface area (Å²) in [5, 5.41) is 4.17. The van der Waals surface area contributed by atoms with Crippen molar-refractivity contribution in [1.82, 2.24) is 14.5 Å². The lowest BCUT2D eigenvalue weighted by molar-refractivity contribution is 0.229. The third-order valence-corrected chi connectivity index (χ3v) is 8.07. The van der Waals surface area contributed by atoms with Gasteiger partial charge in [0.2, 0.25) is 10.0 Å². The van der Waals surface area contributed by atoms with E-state index in [1.165, 1.54) is 4.31 Å². The Hall–Kier alpha value is -0.990. The van der Waals surface area contributed by atoms with Crippen LogP contribution in [0.5, 0.6) is 0 Å². The molecular weight excluding hydrogens is 342 g/mol. The summed E-state index contributed by atoms with van der Waals surface area (Å²) in [7, 11) is -1.78. The number of sulfonamides is 1. The zero-order valence-electron chi connectivity index (χ0n) is 14.5. The lowest BCUT2D eigenvalue weighted by Gasteiger charge is -2.28. The van der Waals surface area contributed by atoms with Crippen LogP contribution in [0.4, 0.5) is 0 Å². The molecule has 0 amide bonds. The Labute approximate surface area is 148 Å². The fraction of sp³-hybridized carbons (Fsp3) is 0.529. The van der Waals surface area contributed by atoms with Gasteiger partial charge in [-0.05, 0) is 19.4 Å². The maximum atomic E-state index is 13.1. The van der Waals surface area contributed by atoms with Gasteiger partial charge in [-0.3, -0.25) is 4.90 Å². The molecule has 1 aliphatic heterocycles. The first-order chi connectivity index (χ1) is 11.4. The Morgan fingerprint density at radius 3 is 2.67 bits per heavy atom. The Kier molecular flexibility index (Phi) is 5.27. The van der Waals surface area contributed by atoms with Crippen LogP contribution in [0, 0.1) is 13.8 Å². The summed E-state index contributed by atoms with van der Waals surface area (Å²) >= 11 is 1.57. The van der Waals surface area contributed by atoms with Crippen molar-refractivity contribution >= 4 is 31.4 Å². The van der Waals surface area contributed by atoms with Gasteiger partial charge in [0, 0.05) is 61.3 Å². The minimum Gasteiger partial charge on any atom is -0.314 e. The van der Waals surface area contributed by atoms with Gasteiger partial charge in [-0.15, -0.1) is 11.3 Å². The van der Waals surface area contributed by atoms with Crippen LogP contribution in [0.2, 0.25) is 0 Å². The van der Waals surface area contributed by atoms with E-state index in [4.69, 9.17) is 0 Å². The van der Waals surface area contributed by atoms with Crippen molar-refractivity contribution in [3.05, 3.63) is 28.6 Å². The first-order valence-electron chi connectivity index (χ1n) is 8.29. The normalized spacial score (nSPS) is 17.0. The molecule has 1 saturated heterocycles. The van der Waals surface area contributed by atoms with Crippen molar-refractivity contribution in [3.8, 4) is 0 Å². The van der Waals surface area contributed by atoms with Crippen molar-refractivity contribution in [2.75, 3.05) is 46.3 Å². The second-order valence-electron chi connectivity index (χ2n) is 6.36. The molecule has 132 valence electrons. The van der Waals surface area contributed by atoms with Gasteiger partial charge in [0.25, 0.3) is 0 Å². The number of rotatable bonds is 5. The second kappa shape index (κ2) is 7.09. The molecular formula is C17H25N3O2S2. The zero-order chi connectivity index (χ0) is 17.3. The lowest BCUT2D eigenvalue weighted by atomic mass is 10.2. The van der Waals surface area contributed by atoms with Gasteiger partial charge in [0.15, 0.2) is 0 Å². The third kappa shape index (κ3) is 3.36.